The van der Waals surface area contributed by atoms with Gasteiger partial charge in [-0.15, -0.1) is 0 Å². The number of hydrazine groups is 1. The number of rotatable bonds is 2. The summed E-state index contributed by atoms with van der Waals surface area (Å²) < 4.78 is 0. The third-order valence-electron chi connectivity index (χ3n) is 4.85. The molecule has 7 heteroatoms. The Kier molecular flexibility index (Phi) is 4.45. The Morgan fingerprint density at radius 3 is 2.54 bits per heavy atom. The molecule has 24 heavy (non-hydrogen) atoms. The van der Waals surface area contributed by atoms with Gasteiger partial charge in [-0.1, -0.05) is 25.3 Å². The van der Waals surface area contributed by atoms with Crippen LogP contribution in [0.5, 0.6) is 0 Å². The van der Waals surface area contributed by atoms with Crippen LogP contribution in [-0.2, 0) is 4.79 Å². The smallest absolute Gasteiger partial charge is 0.331 e. The summed E-state index contributed by atoms with van der Waals surface area (Å²) in [6.07, 6.45) is 4.38. The number of hydrogen-bond donors (Lipinski definition) is 3. The Labute approximate surface area is 146 Å². The van der Waals surface area contributed by atoms with E-state index < -0.39 is 11.6 Å². The molecule has 3 amide bonds. The highest BCUT2D eigenvalue weighted by molar-refractivity contribution is 7.80. The number of carbonyl (C=O) groups excluding carboxylic acids is 2. The first-order valence-electron chi connectivity index (χ1n) is 8.23. The molecule has 1 saturated carbocycles. The lowest BCUT2D eigenvalue weighted by Gasteiger charge is -2.30. The summed E-state index contributed by atoms with van der Waals surface area (Å²) in [5, 5.41) is 7.08. The van der Waals surface area contributed by atoms with Crippen LogP contribution in [0.15, 0.2) is 18.2 Å². The zero-order chi connectivity index (χ0) is 17.3. The summed E-state index contributed by atoms with van der Waals surface area (Å²) in [5.74, 6) is -0.239. The van der Waals surface area contributed by atoms with Crippen LogP contribution >= 0.6 is 12.2 Å². The van der Waals surface area contributed by atoms with Crippen LogP contribution in [0.4, 0.5) is 10.5 Å². The van der Waals surface area contributed by atoms with Crippen molar-refractivity contribution in [3.63, 3.8) is 0 Å². The second kappa shape index (κ2) is 6.39. The number of hydrogen-bond acceptors (Lipinski definition) is 3. The molecule has 2 aliphatic rings. The van der Waals surface area contributed by atoms with Gasteiger partial charge in [-0.3, -0.25) is 10.2 Å². The van der Waals surface area contributed by atoms with E-state index in [4.69, 9.17) is 12.2 Å². The van der Waals surface area contributed by atoms with Crippen LogP contribution in [0.25, 0.3) is 0 Å². The number of nitrogens with one attached hydrogen (secondary N) is 3. The second-order valence-corrected chi connectivity index (χ2v) is 6.99. The van der Waals surface area contributed by atoms with Crippen molar-refractivity contribution < 1.29 is 9.59 Å². The van der Waals surface area contributed by atoms with Gasteiger partial charge in [-0.25, -0.2) is 4.79 Å². The number of thiocarbonyl (C=S) groups is 1. The lowest BCUT2D eigenvalue weighted by Crippen LogP contribution is -2.51. The molecule has 0 bridgehead atoms. The van der Waals surface area contributed by atoms with Crippen LogP contribution in [0.2, 0.25) is 0 Å². The van der Waals surface area contributed by atoms with Gasteiger partial charge in [0.15, 0.2) is 5.11 Å². The van der Waals surface area contributed by atoms with Crippen molar-refractivity contribution in [1.82, 2.24) is 15.8 Å². The van der Waals surface area contributed by atoms with Gasteiger partial charge >= 0.3 is 6.03 Å². The fourth-order valence-electron chi connectivity index (χ4n) is 3.30. The highest BCUT2D eigenvalue weighted by Gasteiger charge is 2.51. The number of nitrogens with zero attached hydrogens (tertiary/aromatic N) is 1. The van der Waals surface area contributed by atoms with Crippen LogP contribution in [-0.4, -0.2) is 27.6 Å². The van der Waals surface area contributed by atoms with Crippen molar-refractivity contribution in [2.24, 2.45) is 0 Å². The standard InChI is InChI=1S/C17H22N4O2S/c1-11-6-7-13(10-12(11)2)18-15(24)20-21-14(22)17(19-16(21)23)8-4-3-5-9-17/h6-7,10H,3-5,8-9H2,1-2H3,(H,19,23)(H2,18,20,24). The molecule has 0 unspecified atom stereocenters. The highest BCUT2D eigenvalue weighted by Crippen LogP contribution is 2.33. The lowest BCUT2D eigenvalue weighted by molar-refractivity contribution is -0.133. The zero-order valence-corrected chi connectivity index (χ0v) is 14.8. The van der Waals surface area contributed by atoms with Crippen molar-refractivity contribution in [3.8, 4) is 0 Å². The number of aryl methyl sites for hydroxylation is 2. The van der Waals surface area contributed by atoms with Crippen molar-refractivity contribution in [3.05, 3.63) is 29.3 Å². The number of imide groups is 1. The van der Waals surface area contributed by atoms with E-state index in [1.807, 2.05) is 32.0 Å². The predicted octanol–water partition coefficient (Wildman–Crippen LogP) is 2.76. The fourth-order valence-corrected chi connectivity index (χ4v) is 3.50. The number of amides is 3. The number of anilines is 1. The third kappa shape index (κ3) is 3.08. The van der Waals surface area contributed by atoms with Gasteiger partial charge in [0, 0.05) is 5.69 Å². The van der Waals surface area contributed by atoms with E-state index in [2.05, 4.69) is 16.1 Å². The lowest BCUT2D eigenvalue weighted by atomic mass is 9.82. The molecule has 1 saturated heterocycles. The molecule has 1 aliphatic heterocycles. The van der Waals surface area contributed by atoms with E-state index in [0.29, 0.717) is 12.8 Å². The van der Waals surface area contributed by atoms with Crippen LogP contribution < -0.4 is 16.1 Å². The Morgan fingerprint density at radius 1 is 1.17 bits per heavy atom. The van der Waals surface area contributed by atoms with Gasteiger partial charge in [-0.05, 0) is 62.2 Å². The molecular weight excluding hydrogens is 324 g/mol. The first kappa shape index (κ1) is 16.7. The molecule has 1 aromatic carbocycles. The van der Waals surface area contributed by atoms with Gasteiger partial charge in [0.25, 0.3) is 5.91 Å². The normalized spacial score (nSPS) is 19.3. The summed E-state index contributed by atoms with van der Waals surface area (Å²) in [4.78, 5) is 24.9. The quantitative estimate of drug-likeness (QED) is 0.567. The number of carbonyl (C=O) groups is 2. The van der Waals surface area contributed by atoms with E-state index in [9.17, 15) is 9.59 Å². The van der Waals surface area contributed by atoms with Crippen LogP contribution in [0.3, 0.4) is 0 Å². The maximum Gasteiger partial charge on any atom is 0.344 e. The first-order chi connectivity index (χ1) is 11.4. The fraction of sp³-hybridized carbons (Fsp3) is 0.471. The molecule has 0 radical (unpaired) electrons. The van der Waals surface area contributed by atoms with Gasteiger partial charge in [0.05, 0.1) is 0 Å². The topological polar surface area (TPSA) is 73.5 Å². The minimum Gasteiger partial charge on any atom is -0.331 e. The molecule has 6 nitrogen and oxygen atoms in total. The number of urea groups is 1. The Balaban J connectivity index is 1.66. The van der Waals surface area contributed by atoms with Gasteiger partial charge in [0.1, 0.15) is 5.54 Å². The van der Waals surface area contributed by atoms with Crippen molar-refractivity contribution in [2.75, 3.05) is 5.32 Å². The molecule has 1 aromatic rings. The van der Waals surface area contributed by atoms with Gasteiger partial charge in [0.2, 0.25) is 0 Å². The maximum absolute atomic E-state index is 12.7. The Morgan fingerprint density at radius 2 is 1.88 bits per heavy atom. The maximum atomic E-state index is 12.7. The SMILES string of the molecule is Cc1ccc(NC(=S)NN2C(=O)NC3(CCCCC3)C2=O)cc1C. The molecule has 128 valence electrons. The zero-order valence-electron chi connectivity index (χ0n) is 13.9. The first-order valence-corrected chi connectivity index (χ1v) is 8.64. The number of benzene rings is 1. The summed E-state index contributed by atoms with van der Waals surface area (Å²) in [7, 11) is 0. The molecule has 1 spiro atoms. The second-order valence-electron chi connectivity index (χ2n) is 6.58. The van der Waals surface area contributed by atoms with E-state index in [1.54, 1.807) is 0 Å². The van der Waals surface area contributed by atoms with Crippen molar-refractivity contribution in [1.29, 1.82) is 0 Å². The molecule has 3 N–H and O–H groups in total. The van der Waals surface area contributed by atoms with E-state index in [-0.39, 0.29) is 11.0 Å². The molecule has 2 fully saturated rings. The Bertz CT molecular complexity index is 698. The largest absolute Gasteiger partial charge is 0.344 e. The minimum atomic E-state index is -0.752. The van der Waals surface area contributed by atoms with Crippen LogP contribution in [0, 0.1) is 13.8 Å². The Hall–Kier alpha value is -2.15. The van der Waals surface area contributed by atoms with E-state index in [1.165, 1.54) is 5.56 Å². The van der Waals surface area contributed by atoms with Crippen molar-refractivity contribution >= 4 is 35.0 Å². The molecular formula is C17H22N4O2S. The average molecular weight is 346 g/mol. The molecule has 1 heterocycles. The molecule has 0 atom stereocenters. The van der Waals surface area contributed by atoms with Crippen molar-refractivity contribution in [2.45, 2.75) is 51.5 Å². The third-order valence-corrected chi connectivity index (χ3v) is 5.04. The monoisotopic (exact) mass is 346 g/mol. The summed E-state index contributed by atoms with van der Waals surface area (Å²) in [5.41, 5.74) is 5.11. The van der Waals surface area contributed by atoms with Crippen LogP contribution in [0.1, 0.15) is 43.2 Å². The van der Waals surface area contributed by atoms with E-state index in [0.717, 1.165) is 35.5 Å². The van der Waals surface area contributed by atoms with E-state index >= 15 is 0 Å². The summed E-state index contributed by atoms with van der Waals surface area (Å²) >= 11 is 5.25. The average Bonchev–Trinajstić information content (AvgIpc) is 2.76. The predicted molar refractivity (Wildman–Crippen MR) is 96.5 cm³/mol. The highest BCUT2D eigenvalue weighted by atomic mass is 32.1. The van der Waals surface area contributed by atoms with Gasteiger partial charge in [-0.2, -0.15) is 5.01 Å². The summed E-state index contributed by atoms with van der Waals surface area (Å²) in [6, 6.07) is 5.43. The van der Waals surface area contributed by atoms with Gasteiger partial charge < -0.3 is 10.6 Å². The molecule has 3 rings (SSSR count). The molecule has 0 aromatic heterocycles. The minimum absolute atomic E-state index is 0.217. The molecule has 1 aliphatic carbocycles. The summed E-state index contributed by atoms with van der Waals surface area (Å²) in [6.45, 7) is 4.05.